The maximum absolute atomic E-state index is 12.7. The predicted octanol–water partition coefficient (Wildman–Crippen LogP) is 4.64. The smallest absolute Gasteiger partial charge is 0.251 e. The molecule has 1 aromatic carbocycles. The van der Waals surface area contributed by atoms with Gasteiger partial charge in [0, 0.05) is 42.8 Å². The van der Waals surface area contributed by atoms with Gasteiger partial charge in [-0.1, -0.05) is 19.3 Å². The molecule has 1 aliphatic rings. The number of carbonyl (C=O) groups is 1. The number of amides is 1. The molecule has 0 bridgehead atoms. The molecule has 1 amide bonds. The monoisotopic (exact) mass is 389 g/mol. The molecule has 1 N–H and O–H groups in total. The molecule has 4 rings (SSSR count). The van der Waals surface area contributed by atoms with E-state index in [0.717, 1.165) is 24.2 Å². The first-order valence-corrected chi connectivity index (χ1v) is 9.94. The van der Waals surface area contributed by atoms with Crippen molar-refractivity contribution in [1.29, 1.82) is 0 Å². The zero-order chi connectivity index (χ0) is 20.1. The minimum atomic E-state index is -0.208. The van der Waals surface area contributed by atoms with E-state index in [4.69, 9.17) is 0 Å². The molecule has 2 aromatic heterocycles. The molecule has 0 saturated heterocycles. The molecule has 2 heterocycles. The molecule has 148 valence electrons. The van der Waals surface area contributed by atoms with Crippen LogP contribution in [0, 0.1) is 4.91 Å². The maximum atomic E-state index is 12.7. The second-order valence-electron chi connectivity index (χ2n) is 7.32. The predicted molar refractivity (Wildman–Crippen MR) is 110 cm³/mol. The summed E-state index contributed by atoms with van der Waals surface area (Å²) in [6.07, 6.45) is 12.8. The second-order valence-corrected chi connectivity index (χ2v) is 7.32. The molecule has 7 nitrogen and oxygen atoms in total. The summed E-state index contributed by atoms with van der Waals surface area (Å²) < 4.78 is 1.91. The highest BCUT2D eigenvalue weighted by Crippen LogP contribution is 2.34. The van der Waals surface area contributed by atoms with Gasteiger partial charge in [0.2, 0.25) is 0 Å². The molecule has 0 aliphatic heterocycles. The number of rotatable bonds is 6. The van der Waals surface area contributed by atoms with Crippen LogP contribution >= 0.6 is 0 Å². The quantitative estimate of drug-likeness (QED) is 0.622. The molecule has 7 heteroatoms. The van der Waals surface area contributed by atoms with Gasteiger partial charge in [-0.2, -0.15) is 0 Å². The van der Waals surface area contributed by atoms with Crippen LogP contribution in [0.2, 0.25) is 0 Å². The molecule has 0 atom stereocenters. The number of nitrogens with one attached hydrogen (secondary N) is 1. The molecular formula is C22H23N5O2. The fourth-order valence-corrected chi connectivity index (χ4v) is 3.90. The number of hydrogen-bond donors (Lipinski definition) is 1. The van der Waals surface area contributed by atoms with Crippen LogP contribution in [0.25, 0.3) is 5.69 Å². The van der Waals surface area contributed by atoms with E-state index in [1.165, 1.54) is 19.3 Å². The topological polar surface area (TPSA) is 89.2 Å². The molecule has 1 aliphatic carbocycles. The summed E-state index contributed by atoms with van der Waals surface area (Å²) in [6, 6.07) is 8.64. The lowest BCUT2D eigenvalue weighted by molar-refractivity contribution is 0.0951. The molecule has 0 unspecified atom stereocenters. The van der Waals surface area contributed by atoms with Gasteiger partial charge in [0.1, 0.15) is 11.5 Å². The maximum Gasteiger partial charge on any atom is 0.251 e. The van der Waals surface area contributed by atoms with E-state index in [1.54, 1.807) is 36.8 Å². The van der Waals surface area contributed by atoms with Crippen LogP contribution in [0.15, 0.2) is 60.3 Å². The summed E-state index contributed by atoms with van der Waals surface area (Å²) in [5.41, 5.74) is 2.33. The summed E-state index contributed by atoms with van der Waals surface area (Å²) in [6.45, 7) is 0.406. The highest BCUT2D eigenvalue weighted by atomic mass is 16.3. The van der Waals surface area contributed by atoms with Crippen LogP contribution in [-0.4, -0.2) is 20.4 Å². The van der Waals surface area contributed by atoms with Crippen molar-refractivity contribution in [2.24, 2.45) is 5.18 Å². The summed E-state index contributed by atoms with van der Waals surface area (Å²) in [5, 5.41) is 6.07. The number of nitrogens with zero attached hydrogens (tertiary/aromatic N) is 4. The van der Waals surface area contributed by atoms with Gasteiger partial charge in [0.15, 0.2) is 0 Å². The number of carbonyl (C=O) groups excluding carboxylic acids is 1. The molecule has 0 spiro atoms. The van der Waals surface area contributed by atoms with Crippen molar-refractivity contribution in [3.8, 4) is 5.69 Å². The summed E-state index contributed by atoms with van der Waals surface area (Å²) in [7, 11) is 0. The van der Waals surface area contributed by atoms with E-state index >= 15 is 0 Å². The SMILES string of the molecule is O=Nc1ccc(C(=O)NCc2ccncc2)cc1-n1ccnc1C1CCCCC1. The normalized spacial score (nSPS) is 14.5. The highest BCUT2D eigenvalue weighted by Gasteiger charge is 2.22. The number of nitroso groups, excluding NO2 is 1. The van der Waals surface area contributed by atoms with Gasteiger partial charge in [-0.3, -0.25) is 9.78 Å². The lowest BCUT2D eigenvalue weighted by Gasteiger charge is -2.22. The Morgan fingerprint density at radius 1 is 1.10 bits per heavy atom. The number of pyridine rings is 1. The fraction of sp³-hybridized carbons (Fsp3) is 0.318. The van der Waals surface area contributed by atoms with Crippen molar-refractivity contribution in [3.63, 3.8) is 0 Å². The van der Waals surface area contributed by atoms with Crippen LogP contribution in [0.5, 0.6) is 0 Å². The first-order valence-electron chi connectivity index (χ1n) is 9.94. The Morgan fingerprint density at radius 3 is 2.66 bits per heavy atom. The van der Waals surface area contributed by atoms with Crippen molar-refractivity contribution >= 4 is 11.6 Å². The van der Waals surface area contributed by atoms with Crippen molar-refractivity contribution in [1.82, 2.24) is 19.9 Å². The number of benzene rings is 1. The Kier molecular flexibility index (Phi) is 5.74. The van der Waals surface area contributed by atoms with Crippen LogP contribution in [-0.2, 0) is 6.54 Å². The van der Waals surface area contributed by atoms with E-state index < -0.39 is 0 Å². The van der Waals surface area contributed by atoms with Crippen molar-refractivity contribution in [2.45, 2.75) is 44.6 Å². The summed E-state index contributed by atoms with van der Waals surface area (Å²) in [5.74, 6) is 1.09. The fourth-order valence-electron chi connectivity index (χ4n) is 3.90. The number of hydrogen-bond acceptors (Lipinski definition) is 5. The van der Waals surface area contributed by atoms with Crippen LogP contribution < -0.4 is 5.32 Å². The van der Waals surface area contributed by atoms with E-state index in [9.17, 15) is 9.70 Å². The minimum absolute atomic E-state index is 0.208. The summed E-state index contributed by atoms with van der Waals surface area (Å²) >= 11 is 0. The van der Waals surface area contributed by atoms with Crippen LogP contribution in [0.4, 0.5) is 5.69 Å². The van der Waals surface area contributed by atoms with Crippen molar-refractivity contribution < 1.29 is 4.79 Å². The first-order chi connectivity index (χ1) is 14.3. The Morgan fingerprint density at radius 2 is 1.90 bits per heavy atom. The largest absolute Gasteiger partial charge is 0.348 e. The Hall–Kier alpha value is -3.35. The Balaban J connectivity index is 1.60. The van der Waals surface area contributed by atoms with Crippen molar-refractivity contribution in [2.75, 3.05) is 0 Å². The molecule has 3 aromatic rings. The number of imidazole rings is 1. The van der Waals surface area contributed by atoms with Crippen LogP contribution in [0.1, 0.15) is 59.8 Å². The van der Waals surface area contributed by atoms with Gasteiger partial charge < -0.3 is 9.88 Å². The van der Waals surface area contributed by atoms with Gasteiger partial charge in [-0.25, -0.2) is 4.98 Å². The van der Waals surface area contributed by atoms with Gasteiger partial charge in [-0.15, -0.1) is 4.91 Å². The molecule has 1 fully saturated rings. The zero-order valence-corrected chi connectivity index (χ0v) is 16.1. The highest BCUT2D eigenvalue weighted by molar-refractivity contribution is 5.95. The molecular weight excluding hydrogens is 366 g/mol. The van der Waals surface area contributed by atoms with Crippen molar-refractivity contribution in [3.05, 3.63) is 77.0 Å². The lowest BCUT2D eigenvalue weighted by Crippen LogP contribution is -2.23. The van der Waals surface area contributed by atoms with E-state index in [2.05, 4.69) is 20.5 Å². The average molecular weight is 389 g/mol. The average Bonchev–Trinajstić information content (AvgIpc) is 3.28. The third kappa shape index (κ3) is 4.23. The van der Waals surface area contributed by atoms with E-state index in [-0.39, 0.29) is 5.91 Å². The summed E-state index contributed by atoms with van der Waals surface area (Å²) in [4.78, 5) is 32.6. The lowest BCUT2D eigenvalue weighted by atomic mass is 9.88. The zero-order valence-electron chi connectivity index (χ0n) is 16.1. The van der Waals surface area contributed by atoms with Gasteiger partial charge >= 0.3 is 0 Å². The first kappa shape index (κ1) is 19.0. The third-order valence-electron chi connectivity index (χ3n) is 5.44. The van der Waals surface area contributed by atoms with E-state index in [1.807, 2.05) is 22.9 Å². The van der Waals surface area contributed by atoms with Gasteiger partial charge in [-0.05, 0) is 53.9 Å². The second kappa shape index (κ2) is 8.77. The van der Waals surface area contributed by atoms with E-state index in [0.29, 0.717) is 29.4 Å². The van der Waals surface area contributed by atoms with Crippen LogP contribution in [0.3, 0.4) is 0 Å². The Labute approximate surface area is 169 Å². The molecule has 29 heavy (non-hydrogen) atoms. The third-order valence-corrected chi connectivity index (χ3v) is 5.44. The van der Waals surface area contributed by atoms with Gasteiger partial charge in [0.05, 0.1) is 5.69 Å². The van der Waals surface area contributed by atoms with Gasteiger partial charge in [0.25, 0.3) is 5.91 Å². The minimum Gasteiger partial charge on any atom is -0.348 e. The Bertz CT molecular complexity index is 993. The molecule has 0 radical (unpaired) electrons. The number of aromatic nitrogens is 3. The standard InChI is InChI=1S/C22H23N5O2/c28-22(25-15-16-8-10-23-11-9-16)18-6-7-19(26-29)20(14-18)27-13-12-24-21(27)17-4-2-1-3-5-17/h6-14,17H,1-5,15H2,(H,25,28). The molecule has 1 saturated carbocycles.